The van der Waals surface area contributed by atoms with Gasteiger partial charge in [0.1, 0.15) is 18.5 Å². The molecule has 0 spiro atoms. The Kier molecular flexibility index (Phi) is 7.05. The number of likely N-dealkylation sites (N-methyl/N-ethyl adjacent to an activating group) is 1. The van der Waals surface area contributed by atoms with Crippen LogP contribution in [0.15, 0.2) is 27.8 Å². The second-order valence-corrected chi connectivity index (χ2v) is 9.85. The lowest BCUT2D eigenvalue weighted by Crippen LogP contribution is -2.45. The van der Waals surface area contributed by atoms with Gasteiger partial charge in [-0.05, 0) is 37.1 Å². The number of benzene rings is 1. The van der Waals surface area contributed by atoms with Crippen LogP contribution in [0, 0.1) is 6.92 Å². The molecule has 35 heavy (non-hydrogen) atoms. The molecule has 3 aromatic rings. The zero-order chi connectivity index (χ0) is 25.4. The molecule has 1 atom stereocenters. The number of nitrogens with zero attached hydrogens (tertiary/aromatic N) is 6. The fraction of sp³-hybridized carbons (Fsp3) is 0.560. The van der Waals surface area contributed by atoms with Crippen molar-refractivity contribution in [2.45, 2.75) is 39.3 Å². The van der Waals surface area contributed by atoms with E-state index in [4.69, 9.17) is 9.72 Å². The number of aryl methyl sites for hydroxylation is 2. The first-order chi connectivity index (χ1) is 16.6. The summed E-state index contributed by atoms with van der Waals surface area (Å²) in [6.45, 7) is 9.60. The lowest BCUT2D eigenvalue weighted by atomic mass is 10.0. The molecule has 1 aliphatic heterocycles. The minimum Gasteiger partial charge on any atom is -0.491 e. The summed E-state index contributed by atoms with van der Waals surface area (Å²) in [6, 6.07) is 6.09. The highest BCUT2D eigenvalue weighted by atomic mass is 16.5. The van der Waals surface area contributed by atoms with Crippen LogP contribution >= 0.6 is 0 Å². The Morgan fingerprint density at radius 1 is 1.06 bits per heavy atom. The van der Waals surface area contributed by atoms with E-state index >= 15 is 0 Å². The molecule has 0 amide bonds. The van der Waals surface area contributed by atoms with E-state index in [2.05, 4.69) is 42.8 Å². The van der Waals surface area contributed by atoms with Crippen LogP contribution in [-0.4, -0.2) is 74.6 Å². The molecule has 2 aromatic heterocycles. The van der Waals surface area contributed by atoms with Crippen LogP contribution < -0.4 is 20.9 Å². The van der Waals surface area contributed by atoms with E-state index in [-0.39, 0.29) is 19.1 Å². The Labute approximate surface area is 205 Å². The van der Waals surface area contributed by atoms with E-state index in [0.29, 0.717) is 17.1 Å². The van der Waals surface area contributed by atoms with Crippen LogP contribution in [0.3, 0.4) is 0 Å². The van der Waals surface area contributed by atoms with Gasteiger partial charge in [-0.1, -0.05) is 26.0 Å². The minimum atomic E-state index is -0.888. The summed E-state index contributed by atoms with van der Waals surface area (Å²) >= 11 is 0. The summed E-state index contributed by atoms with van der Waals surface area (Å²) in [5.74, 6) is 1.63. The van der Waals surface area contributed by atoms with E-state index in [0.717, 1.165) is 47.6 Å². The van der Waals surface area contributed by atoms with E-state index in [1.54, 1.807) is 11.6 Å². The second-order valence-electron chi connectivity index (χ2n) is 9.85. The van der Waals surface area contributed by atoms with Crippen molar-refractivity contribution in [3.63, 3.8) is 0 Å². The molecule has 4 rings (SSSR count). The third-order valence-corrected chi connectivity index (χ3v) is 6.73. The van der Waals surface area contributed by atoms with E-state index in [9.17, 15) is 14.7 Å². The number of rotatable bonds is 7. The van der Waals surface area contributed by atoms with Crippen molar-refractivity contribution < 1.29 is 9.84 Å². The molecule has 0 saturated carbocycles. The molecule has 0 radical (unpaired) electrons. The number of anilines is 1. The van der Waals surface area contributed by atoms with E-state index < -0.39 is 17.4 Å². The lowest BCUT2D eigenvalue weighted by Gasteiger charge is -2.33. The highest BCUT2D eigenvalue weighted by molar-refractivity contribution is 5.74. The zero-order valence-corrected chi connectivity index (χ0v) is 21.5. The average Bonchev–Trinajstić information content (AvgIpc) is 3.19. The predicted molar refractivity (Wildman–Crippen MR) is 137 cm³/mol. The quantitative estimate of drug-likeness (QED) is 0.536. The standard InChI is InChI=1S/C25H36N6O4/c1-16(2)19-8-7-17(3)13-20(19)35-15-18(32)14-31-21-22(28(5)25(34)29(6)23(21)33)26-24(31)30-11-9-27(4)10-12-30/h7-8,13,16,18,32H,9-12,14-15H2,1-6H3/t18-/m0/s1. The van der Waals surface area contributed by atoms with Crippen LogP contribution in [0.1, 0.15) is 30.9 Å². The summed E-state index contributed by atoms with van der Waals surface area (Å²) in [7, 11) is 5.14. The zero-order valence-electron chi connectivity index (χ0n) is 21.5. The summed E-state index contributed by atoms with van der Waals surface area (Å²) < 4.78 is 10.3. The monoisotopic (exact) mass is 484 g/mol. The summed E-state index contributed by atoms with van der Waals surface area (Å²) in [4.78, 5) is 34.7. The minimum absolute atomic E-state index is 0.0666. The maximum Gasteiger partial charge on any atom is 0.332 e. The summed E-state index contributed by atoms with van der Waals surface area (Å²) in [6.07, 6.45) is -0.888. The van der Waals surface area contributed by atoms with E-state index in [1.165, 1.54) is 11.6 Å². The molecule has 0 aliphatic carbocycles. The van der Waals surface area contributed by atoms with Crippen molar-refractivity contribution in [3.05, 3.63) is 50.2 Å². The number of ether oxygens (including phenoxy) is 1. The van der Waals surface area contributed by atoms with Crippen LogP contribution in [0.25, 0.3) is 11.2 Å². The predicted octanol–water partition coefficient (Wildman–Crippen LogP) is 1.06. The fourth-order valence-electron chi connectivity index (χ4n) is 4.55. The molecular weight excluding hydrogens is 448 g/mol. The first-order valence-corrected chi connectivity index (χ1v) is 12.1. The van der Waals surface area contributed by atoms with Gasteiger partial charge in [0.25, 0.3) is 5.56 Å². The summed E-state index contributed by atoms with van der Waals surface area (Å²) in [5.41, 5.74) is 1.94. The molecule has 1 saturated heterocycles. The van der Waals surface area contributed by atoms with Crippen molar-refractivity contribution in [2.75, 3.05) is 44.7 Å². The number of hydrogen-bond acceptors (Lipinski definition) is 7. The number of fused-ring (bicyclic) bond motifs is 1. The van der Waals surface area contributed by atoms with Crippen LogP contribution in [0.2, 0.25) is 0 Å². The van der Waals surface area contributed by atoms with Crippen molar-refractivity contribution in [1.82, 2.24) is 23.6 Å². The van der Waals surface area contributed by atoms with Gasteiger partial charge in [0.2, 0.25) is 5.95 Å². The van der Waals surface area contributed by atoms with Gasteiger partial charge in [-0.15, -0.1) is 0 Å². The average molecular weight is 485 g/mol. The van der Waals surface area contributed by atoms with Crippen molar-refractivity contribution in [3.8, 4) is 5.75 Å². The fourth-order valence-corrected chi connectivity index (χ4v) is 4.55. The SMILES string of the molecule is Cc1ccc(C(C)C)c(OC[C@@H](O)Cn2c(N3CCN(C)CC3)nc3c2c(=O)n(C)c(=O)n3C)c1. The van der Waals surface area contributed by atoms with Crippen LogP contribution in [0.5, 0.6) is 5.75 Å². The molecule has 0 bridgehead atoms. The molecule has 190 valence electrons. The van der Waals surface area contributed by atoms with Gasteiger partial charge < -0.3 is 24.2 Å². The first kappa shape index (κ1) is 25.0. The molecule has 1 fully saturated rings. The van der Waals surface area contributed by atoms with Crippen LogP contribution in [-0.2, 0) is 20.6 Å². The Bertz CT molecular complexity index is 1330. The van der Waals surface area contributed by atoms with E-state index in [1.807, 2.05) is 13.0 Å². The van der Waals surface area contributed by atoms with Crippen molar-refractivity contribution in [1.29, 1.82) is 0 Å². The van der Waals surface area contributed by atoms with Gasteiger partial charge in [0.15, 0.2) is 11.2 Å². The Hall–Kier alpha value is -3.11. The Morgan fingerprint density at radius 2 is 1.74 bits per heavy atom. The maximum absolute atomic E-state index is 13.1. The first-order valence-electron chi connectivity index (χ1n) is 12.1. The lowest BCUT2D eigenvalue weighted by molar-refractivity contribution is 0.0929. The summed E-state index contributed by atoms with van der Waals surface area (Å²) in [5, 5.41) is 11.0. The number of aromatic nitrogens is 4. The Morgan fingerprint density at radius 3 is 2.40 bits per heavy atom. The highest BCUT2D eigenvalue weighted by Gasteiger charge is 2.26. The highest BCUT2D eigenvalue weighted by Crippen LogP contribution is 2.28. The van der Waals surface area contributed by atoms with Crippen LogP contribution in [0.4, 0.5) is 5.95 Å². The molecule has 10 heteroatoms. The molecule has 1 aliphatic rings. The molecule has 1 N–H and O–H groups in total. The normalized spacial score (nSPS) is 15.8. The number of imidazole rings is 1. The number of aliphatic hydroxyl groups is 1. The Balaban J connectivity index is 1.68. The maximum atomic E-state index is 13.1. The van der Waals surface area contributed by atoms with Crippen molar-refractivity contribution >= 4 is 17.1 Å². The smallest absolute Gasteiger partial charge is 0.332 e. The van der Waals surface area contributed by atoms with Gasteiger partial charge >= 0.3 is 5.69 Å². The van der Waals surface area contributed by atoms with Gasteiger partial charge in [0, 0.05) is 40.3 Å². The molecule has 0 unspecified atom stereocenters. The molecule has 10 nitrogen and oxygen atoms in total. The largest absolute Gasteiger partial charge is 0.491 e. The van der Waals surface area contributed by atoms with Gasteiger partial charge in [-0.3, -0.25) is 13.9 Å². The van der Waals surface area contributed by atoms with Gasteiger partial charge in [-0.25, -0.2) is 4.79 Å². The third-order valence-electron chi connectivity index (χ3n) is 6.73. The number of hydrogen-bond donors (Lipinski definition) is 1. The number of piperazine rings is 1. The van der Waals surface area contributed by atoms with Gasteiger partial charge in [-0.2, -0.15) is 4.98 Å². The topological polar surface area (TPSA) is 97.8 Å². The molecule has 1 aromatic carbocycles. The molecular formula is C25H36N6O4. The third kappa shape index (κ3) is 4.85. The molecule has 3 heterocycles. The van der Waals surface area contributed by atoms with Gasteiger partial charge in [0.05, 0.1) is 6.54 Å². The van der Waals surface area contributed by atoms with Crippen molar-refractivity contribution in [2.24, 2.45) is 14.1 Å². The second kappa shape index (κ2) is 9.87. The number of aliphatic hydroxyl groups excluding tert-OH is 1.